The first kappa shape index (κ1) is 35.0. The van der Waals surface area contributed by atoms with Crippen LogP contribution in [-0.2, 0) is 40.0 Å². The van der Waals surface area contributed by atoms with Gasteiger partial charge in [0.15, 0.2) is 5.96 Å². The molecular formula is C26H37N7O11S. The summed E-state index contributed by atoms with van der Waals surface area (Å²) in [6.07, 6.45) is -1.39. The Balaban J connectivity index is 1.48. The number of nitrogens with one attached hydrogen (secondary N) is 2. The first-order chi connectivity index (χ1) is 20.9. The number of carbonyl (C=O) groups is 4. The number of rotatable bonds is 9. The summed E-state index contributed by atoms with van der Waals surface area (Å²) in [6.45, 7) is 4.64. The number of amides is 4. The molecule has 19 heteroatoms. The molecule has 2 saturated heterocycles. The quantitative estimate of drug-likeness (QED) is 0.106. The number of likely N-dealkylation sites (tertiary alicyclic amines) is 2. The minimum atomic E-state index is -3.84. The van der Waals surface area contributed by atoms with Crippen molar-refractivity contribution in [2.45, 2.75) is 64.0 Å². The van der Waals surface area contributed by atoms with E-state index in [2.05, 4.69) is 15.6 Å². The van der Waals surface area contributed by atoms with Crippen LogP contribution in [0, 0.1) is 10.1 Å². The van der Waals surface area contributed by atoms with Crippen molar-refractivity contribution in [3.05, 3.63) is 39.9 Å². The van der Waals surface area contributed by atoms with Crippen molar-refractivity contribution in [3.63, 3.8) is 0 Å². The summed E-state index contributed by atoms with van der Waals surface area (Å²) in [5.41, 5.74) is 5.20. The molecule has 4 N–H and O–H groups in total. The Morgan fingerprint density at radius 3 is 2.42 bits per heavy atom. The minimum absolute atomic E-state index is 0.0457. The lowest BCUT2D eigenvalue weighted by atomic mass is 10.1. The fourth-order valence-electron chi connectivity index (χ4n) is 4.63. The second-order valence-electron chi connectivity index (χ2n) is 11.5. The lowest BCUT2D eigenvalue weighted by molar-refractivity contribution is -0.384. The largest absolute Gasteiger partial charge is 0.444 e. The van der Waals surface area contributed by atoms with Crippen LogP contribution in [-0.4, -0.2) is 109 Å². The van der Waals surface area contributed by atoms with Crippen molar-refractivity contribution in [1.29, 1.82) is 0 Å². The molecule has 0 unspecified atom stereocenters. The molecule has 18 nitrogen and oxygen atoms in total. The van der Waals surface area contributed by atoms with E-state index in [0.717, 1.165) is 11.2 Å². The fourth-order valence-corrected chi connectivity index (χ4v) is 5.27. The Hall–Kier alpha value is -4.52. The van der Waals surface area contributed by atoms with Crippen molar-refractivity contribution >= 4 is 45.8 Å². The monoisotopic (exact) mass is 655 g/mol. The number of nitrogens with two attached hydrogens (primary N) is 1. The molecule has 0 aromatic heterocycles. The molecule has 0 spiro atoms. The number of non-ortho nitro benzene ring substituents is 1. The van der Waals surface area contributed by atoms with E-state index in [-0.39, 0.29) is 44.3 Å². The molecule has 0 saturated carbocycles. The van der Waals surface area contributed by atoms with Crippen molar-refractivity contribution in [3.8, 4) is 0 Å². The predicted octanol–water partition coefficient (Wildman–Crippen LogP) is 0.207. The average molecular weight is 656 g/mol. The molecule has 3 atom stereocenters. The zero-order valence-electron chi connectivity index (χ0n) is 25.3. The molecular weight excluding hydrogens is 618 g/mol. The molecule has 2 aliphatic rings. The van der Waals surface area contributed by atoms with Gasteiger partial charge in [0.1, 0.15) is 24.8 Å². The summed E-state index contributed by atoms with van der Waals surface area (Å²) in [6, 6.07) is 3.95. The Kier molecular flexibility index (Phi) is 11.3. The van der Waals surface area contributed by atoms with Gasteiger partial charge in [-0.3, -0.25) is 34.1 Å². The number of aliphatic imine (C=N–C) groups is 1. The van der Waals surface area contributed by atoms with Gasteiger partial charge in [0, 0.05) is 37.7 Å². The number of ether oxygens (including phenoxy) is 2. The summed E-state index contributed by atoms with van der Waals surface area (Å²) in [4.78, 5) is 67.2. The van der Waals surface area contributed by atoms with Crippen LogP contribution in [0.2, 0.25) is 0 Å². The van der Waals surface area contributed by atoms with Gasteiger partial charge in [0.2, 0.25) is 11.8 Å². The van der Waals surface area contributed by atoms with E-state index >= 15 is 0 Å². The highest BCUT2D eigenvalue weighted by Crippen LogP contribution is 2.27. The van der Waals surface area contributed by atoms with Crippen molar-refractivity contribution in [2.75, 3.05) is 32.4 Å². The second-order valence-corrected chi connectivity index (χ2v) is 13.1. The first-order valence-electron chi connectivity index (χ1n) is 13.8. The van der Waals surface area contributed by atoms with Gasteiger partial charge in [-0.1, -0.05) is 0 Å². The zero-order chi connectivity index (χ0) is 33.5. The first-order valence-corrected chi connectivity index (χ1v) is 15.6. The van der Waals surface area contributed by atoms with Gasteiger partial charge in [-0.15, -0.1) is 0 Å². The van der Waals surface area contributed by atoms with Crippen LogP contribution in [0.15, 0.2) is 29.3 Å². The number of benzene rings is 1. The van der Waals surface area contributed by atoms with Gasteiger partial charge >= 0.3 is 12.2 Å². The molecule has 0 aliphatic carbocycles. The molecule has 1 aromatic carbocycles. The highest BCUT2D eigenvalue weighted by molar-refractivity contribution is 7.86. The molecule has 0 bridgehead atoms. The maximum atomic E-state index is 13.4. The summed E-state index contributed by atoms with van der Waals surface area (Å²) in [5.74, 6) is -1.34. The van der Waals surface area contributed by atoms with Gasteiger partial charge in [-0.25, -0.2) is 14.6 Å². The Morgan fingerprint density at radius 2 is 1.82 bits per heavy atom. The maximum absolute atomic E-state index is 13.4. The number of nitrogens with zero attached hydrogens (tertiary/aromatic N) is 4. The smallest absolute Gasteiger partial charge is 0.414 e. The summed E-state index contributed by atoms with van der Waals surface area (Å²) in [7, 11) is -3.84. The van der Waals surface area contributed by atoms with Crippen LogP contribution in [0.1, 0.15) is 39.2 Å². The van der Waals surface area contributed by atoms with E-state index in [4.69, 9.17) is 19.4 Å². The molecule has 4 amide bonds. The average Bonchev–Trinajstić information content (AvgIpc) is 3.56. The normalized spacial score (nSPS) is 20.4. The van der Waals surface area contributed by atoms with Gasteiger partial charge in [-0.05, 0) is 44.9 Å². The van der Waals surface area contributed by atoms with Crippen LogP contribution in [0.25, 0.3) is 0 Å². The number of carbonyl (C=O) groups excluding carboxylic acids is 4. The summed E-state index contributed by atoms with van der Waals surface area (Å²) in [5, 5.41) is 15.6. The van der Waals surface area contributed by atoms with Crippen LogP contribution in [0.4, 0.5) is 15.3 Å². The van der Waals surface area contributed by atoms with Crippen LogP contribution in [0.3, 0.4) is 0 Å². The van der Waals surface area contributed by atoms with Crippen LogP contribution in [0.5, 0.6) is 0 Å². The fraction of sp³-hybridized carbons (Fsp3) is 0.577. The Labute approximate surface area is 259 Å². The van der Waals surface area contributed by atoms with E-state index in [9.17, 15) is 37.7 Å². The van der Waals surface area contributed by atoms with E-state index < -0.39 is 69.4 Å². The summed E-state index contributed by atoms with van der Waals surface area (Å²) < 4.78 is 38.8. The Morgan fingerprint density at radius 1 is 1.16 bits per heavy atom. The number of nitro groups is 1. The third-order valence-corrected chi connectivity index (χ3v) is 7.11. The molecule has 2 fully saturated rings. The van der Waals surface area contributed by atoms with Crippen LogP contribution >= 0.6 is 0 Å². The topological polar surface area (TPSA) is 242 Å². The van der Waals surface area contributed by atoms with Crippen molar-refractivity contribution in [2.24, 2.45) is 10.7 Å². The van der Waals surface area contributed by atoms with Crippen LogP contribution < -0.4 is 16.4 Å². The zero-order valence-corrected chi connectivity index (χ0v) is 26.1. The predicted molar refractivity (Wildman–Crippen MR) is 157 cm³/mol. The minimum Gasteiger partial charge on any atom is -0.444 e. The number of hydrogen-bond donors (Lipinski definition) is 3. The number of nitro benzene ring substituents is 1. The highest BCUT2D eigenvalue weighted by Gasteiger charge is 2.45. The lowest BCUT2D eigenvalue weighted by Gasteiger charge is -2.30. The molecule has 2 heterocycles. The molecule has 248 valence electrons. The number of hydrogen-bond acceptors (Lipinski definition) is 12. The van der Waals surface area contributed by atoms with Gasteiger partial charge in [0.05, 0.1) is 23.8 Å². The molecule has 45 heavy (non-hydrogen) atoms. The van der Waals surface area contributed by atoms with E-state index in [1.807, 2.05) is 0 Å². The lowest BCUT2D eigenvalue weighted by Crippen LogP contribution is -2.49. The van der Waals surface area contributed by atoms with E-state index in [1.54, 1.807) is 20.8 Å². The molecule has 0 radical (unpaired) electrons. The molecule has 2 aliphatic heterocycles. The third kappa shape index (κ3) is 11.2. The van der Waals surface area contributed by atoms with Gasteiger partial charge in [0.25, 0.3) is 15.8 Å². The maximum Gasteiger partial charge on any atom is 0.414 e. The Bertz CT molecular complexity index is 1430. The summed E-state index contributed by atoms with van der Waals surface area (Å²) >= 11 is 0. The standard InChI is InChI=1S/C26H37N7O11S/c1-26(2,3)43-25(37)32-14-19(44-45(4,40)41)11-20(32)22(35)31-10-9-17(13-31)29-21(34)12-28-23(27)30-24(36)42-15-16-5-7-18(8-6-16)33(38)39/h5-8,17,19-20H,9-15H2,1-4H3,(H,29,34)(H3,27,28,30,36)/t17-,19+,20-/m0/s1. The van der Waals surface area contributed by atoms with Crippen molar-refractivity contribution < 1.29 is 46.2 Å². The number of alkyl carbamates (subject to hydrolysis) is 1. The highest BCUT2D eigenvalue weighted by atomic mass is 32.2. The molecule has 1 aromatic rings. The molecule has 3 rings (SSSR count). The third-order valence-electron chi connectivity index (χ3n) is 6.49. The van der Waals surface area contributed by atoms with Crippen molar-refractivity contribution in [1.82, 2.24) is 20.4 Å². The second kappa shape index (κ2) is 14.5. The SMILES string of the molecule is CC(C)(C)OC(=O)N1C[C@H](OS(C)(=O)=O)C[C@H]1C(=O)N1CC[C@H](NC(=O)CN=C(N)NC(=O)OCc2ccc([N+](=O)[O-])cc2)C1. The van der Waals surface area contributed by atoms with Gasteiger partial charge < -0.3 is 25.4 Å². The van der Waals surface area contributed by atoms with E-state index in [1.165, 1.54) is 29.2 Å². The van der Waals surface area contributed by atoms with E-state index in [0.29, 0.717) is 12.0 Å². The van der Waals surface area contributed by atoms with Gasteiger partial charge in [-0.2, -0.15) is 8.42 Å². The number of guanidine groups is 1.